The van der Waals surface area contributed by atoms with Gasteiger partial charge in [-0.3, -0.25) is 0 Å². The number of ether oxygens (including phenoxy) is 1. The fourth-order valence-corrected chi connectivity index (χ4v) is 0.289. The van der Waals surface area contributed by atoms with Gasteiger partial charge in [0, 0.05) is 0 Å². The van der Waals surface area contributed by atoms with Crippen LogP contribution in [-0.4, -0.2) is 30.6 Å². The average Bonchev–Trinajstić information content (AvgIpc) is 1.81. The van der Waals surface area contributed by atoms with E-state index in [0.29, 0.717) is 0 Å². The molecule has 0 spiro atoms. The maximum Gasteiger partial charge on any atom is 0.411 e. The fourth-order valence-electron chi connectivity index (χ4n) is 0.289. The van der Waals surface area contributed by atoms with Crippen LogP contribution >= 0.6 is 0 Å². The van der Waals surface area contributed by atoms with Crippen molar-refractivity contribution in [2.45, 2.75) is 19.2 Å². The second-order valence-corrected chi connectivity index (χ2v) is 1.92. The first kappa shape index (κ1) is 9.71. The molecule has 10 heavy (non-hydrogen) atoms. The Morgan fingerprint density at radius 2 is 2.00 bits per heavy atom. The molecule has 62 valence electrons. The predicted molar refractivity (Wildman–Crippen MR) is 28.6 cm³/mol. The summed E-state index contributed by atoms with van der Waals surface area (Å²) in [5.41, 5.74) is 0. The van der Waals surface area contributed by atoms with Gasteiger partial charge in [0.2, 0.25) is 0 Å². The van der Waals surface area contributed by atoms with Gasteiger partial charge < -0.3 is 9.84 Å². The van der Waals surface area contributed by atoms with E-state index in [1.165, 1.54) is 6.92 Å². The van der Waals surface area contributed by atoms with Gasteiger partial charge in [0.1, 0.15) is 6.61 Å². The van der Waals surface area contributed by atoms with Gasteiger partial charge in [0.25, 0.3) is 0 Å². The Morgan fingerprint density at radius 1 is 1.50 bits per heavy atom. The molecule has 0 rings (SSSR count). The van der Waals surface area contributed by atoms with Gasteiger partial charge in [-0.2, -0.15) is 13.2 Å². The molecule has 0 fully saturated rings. The summed E-state index contributed by atoms with van der Waals surface area (Å²) in [7, 11) is 0. The molecule has 0 aromatic carbocycles. The molecular weight excluding hydrogens is 149 g/mol. The smallest absolute Gasteiger partial charge is 0.394 e. The lowest BCUT2D eigenvalue weighted by atomic mass is 10.4. The number of aliphatic hydroxyl groups is 1. The SMILES string of the molecule is CC(CO)OCC(F)(F)F. The highest BCUT2D eigenvalue weighted by molar-refractivity contribution is 4.50. The van der Waals surface area contributed by atoms with Crippen LogP contribution < -0.4 is 0 Å². The van der Waals surface area contributed by atoms with Crippen molar-refractivity contribution < 1.29 is 23.0 Å². The van der Waals surface area contributed by atoms with Gasteiger partial charge in [0.15, 0.2) is 0 Å². The lowest BCUT2D eigenvalue weighted by Crippen LogP contribution is -2.23. The molecule has 0 aliphatic rings. The highest BCUT2D eigenvalue weighted by atomic mass is 19.4. The second kappa shape index (κ2) is 3.78. The standard InChI is InChI=1S/C5H9F3O2/c1-4(2-9)10-3-5(6,7)8/h4,9H,2-3H2,1H3. The van der Waals surface area contributed by atoms with Crippen LogP contribution in [-0.2, 0) is 4.74 Å². The van der Waals surface area contributed by atoms with E-state index in [-0.39, 0.29) is 0 Å². The molecule has 0 amide bonds. The van der Waals surface area contributed by atoms with Crippen molar-refractivity contribution >= 4 is 0 Å². The van der Waals surface area contributed by atoms with Crippen LogP contribution in [0, 0.1) is 0 Å². The first-order valence-corrected chi connectivity index (χ1v) is 2.75. The van der Waals surface area contributed by atoms with E-state index < -0.39 is 25.5 Å². The summed E-state index contributed by atoms with van der Waals surface area (Å²) >= 11 is 0. The quantitative estimate of drug-likeness (QED) is 0.662. The molecule has 1 N–H and O–H groups in total. The van der Waals surface area contributed by atoms with E-state index in [2.05, 4.69) is 4.74 Å². The van der Waals surface area contributed by atoms with E-state index >= 15 is 0 Å². The average molecular weight is 158 g/mol. The maximum absolute atomic E-state index is 11.3. The van der Waals surface area contributed by atoms with E-state index in [9.17, 15) is 13.2 Å². The zero-order valence-electron chi connectivity index (χ0n) is 5.48. The van der Waals surface area contributed by atoms with E-state index in [4.69, 9.17) is 5.11 Å². The minimum absolute atomic E-state index is 0.393. The molecule has 0 aromatic rings. The summed E-state index contributed by atoms with van der Waals surface area (Å²) < 4.78 is 38.2. The van der Waals surface area contributed by atoms with E-state index in [1.807, 2.05) is 0 Å². The molecule has 0 saturated heterocycles. The Labute approximate surface area is 56.6 Å². The Bertz CT molecular complexity index is 91.4. The molecular formula is C5H9F3O2. The lowest BCUT2D eigenvalue weighted by molar-refractivity contribution is -0.186. The molecule has 5 heteroatoms. The zero-order valence-corrected chi connectivity index (χ0v) is 5.48. The largest absolute Gasteiger partial charge is 0.411 e. The normalized spacial score (nSPS) is 15.3. The second-order valence-electron chi connectivity index (χ2n) is 1.92. The minimum atomic E-state index is -4.30. The fraction of sp³-hybridized carbons (Fsp3) is 1.00. The van der Waals surface area contributed by atoms with Crippen LogP contribution in [0.15, 0.2) is 0 Å². The third-order valence-electron chi connectivity index (χ3n) is 0.789. The van der Waals surface area contributed by atoms with Gasteiger partial charge in [-0.15, -0.1) is 0 Å². The van der Waals surface area contributed by atoms with Crippen LogP contribution in [0.4, 0.5) is 13.2 Å². The summed E-state index contributed by atoms with van der Waals surface area (Å²) in [6, 6.07) is 0. The number of aliphatic hydroxyl groups excluding tert-OH is 1. The van der Waals surface area contributed by atoms with Gasteiger partial charge in [-0.1, -0.05) is 0 Å². The van der Waals surface area contributed by atoms with Gasteiger partial charge >= 0.3 is 6.18 Å². The van der Waals surface area contributed by atoms with Crippen LogP contribution in [0.1, 0.15) is 6.92 Å². The molecule has 0 heterocycles. The highest BCUT2D eigenvalue weighted by Gasteiger charge is 2.28. The number of rotatable bonds is 3. The maximum atomic E-state index is 11.3. The summed E-state index contributed by atoms with van der Waals surface area (Å²) in [5, 5.41) is 8.24. The molecule has 0 saturated carbocycles. The van der Waals surface area contributed by atoms with Crippen molar-refractivity contribution in [3.05, 3.63) is 0 Å². The van der Waals surface area contributed by atoms with Crippen molar-refractivity contribution in [2.24, 2.45) is 0 Å². The summed E-state index contributed by atoms with van der Waals surface area (Å²) in [4.78, 5) is 0. The van der Waals surface area contributed by atoms with Crippen LogP contribution in [0.3, 0.4) is 0 Å². The van der Waals surface area contributed by atoms with Gasteiger partial charge in [-0.25, -0.2) is 0 Å². The molecule has 0 radical (unpaired) electrons. The Morgan fingerprint density at radius 3 is 2.30 bits per heavy atom. The first-order valence-electron chi connectivity index (χ1n) is 2.75. The van der Waals surface area contributed by atoms with Crippen molar-refractivity contribution in [3.8, 4) is 0 Å². The minimum Gasteiger partial charge on any atom is -0.394 e. The highest BCUT2D eigenvalue weighted by Crippen LogP contribution is 2.15. The Balaban J connectivity index is 3.36. The molecule has 0 aromatic heterocycles. The molecule has 0 bridgehead atoms. The lowest BCUT2D eigenvalue weighted by Gasteiger charge is -2.11. The Hall–Kier alpha value is -0.290. The summed E-state index contributed by atoms with van der Waals surface area (Å²) in [6.45, 7) is -0.323. The molecule has 0 aliphatic carbocycles. The topological polar surface area (TPSA) is 29.5 Å². The first-order chi connectivity index (χ1) is 4.45. The number of alkyl halides is 3. The van der Waals surface area contributed by atoms with Crippen molar-refractivity contribution in [3.63, 3.8) is 0 Å². The summed E-state index contributed by atoms with van der Waals surface area (Å²) in [6.07, 6.45) is -5.05. The monoisotopic (exact) mass is 158 g/mol. The third kappa shape index (κ3) is 5.84. The number of hydrogen-bond acceptors (Lipinski definition) is 2. The van der Waals surface area contributed by atoms with Crippen LogP contribution in [0.25, 0.3) is 0 Å². The Kier molecular flexibility index (Phi) is 3.67. The van der Waals surface area contributed by atoms with E-state index in [1.54, 1.807) is 0 Å². The third-order valence-corrected chi connectivity index (χ3v) is 0.789. The molecule has 1 unspecified atom stereocenters. The number of hydrogen-bond donors (Lipinski definition) is 1. The number of halogens is 3. The van der Waals surface area contributed by atoms with Crippen LogP contribution in [0.2, 0.25) is 0 Å². The van der Waals surface area contributed by atoms with Gasteiger partial charge in [0.05, 0.1) is 12.7 Å². The van der Waals surface area contributed by atoms with Crippen molar-refractivity contribution in [1.82, 2.24) is 0 Å². The van der Waals surface area contributed by atoms with Crippen molar-refractivity contribution in [1.29, 1.82) is 0 Å². The molecule has 2 nitrogen and oxygen atoms in total. The van der Waals surface area contributed by atoms with E-state index in [0.717, 1.165) is 0 Å². The summed E-state index contributed by atoms with van der Waals surface area (Å²) in [5.74, 6) is 0. The van der Waals surface area contributed by atoms with Crippen LogP contribution in [0.5, 0.6) is 0 Å². The predicted octanol–water partition coefficient (Wildman–Crippen LogP) is 0.946. The van der Waals surface area contributed by atoms with Gasteiger partial charge in [-0.05, 0) is 6.92 Å². The molecule has 1 atom stereocenters. The molecule has 0 aliphatic heterocycles. The van der Waals surface area contributed by atoms with Crippen molar-refractivity contribution in [2.75, 3.05) is 13.2 Å². The zero-order chi connectivity index (χ0) is 8.20.